The molecule has 0 fully saturated rings. The van der Waals surface area contributed by atoms with Crippen molar-refractivity contribution in [3.8, 4) is 17.5 Å². The number of benzene rings is 1. The van der Waals surface area contributed by atoms with E-state index >= 15 is 0 Å². The number of thioether (sulfide) groups is 1. The summed E-state index contributed by atoms with van der Waals surface area (Å²) < 4.78 is 42.9. The fraction of sp³-hybridized carbons (Fsp3) is 0.278. The number of hydrogen-bond donors (Lipinski definition) is 1. The van der Waals surface area contributed by atoms with Crippen molar-refractivity contribution < 1.29 is 17.9 Å². The van der Waals surface area contributed by atoms with Gasteiger partial charge in [-0.25, -0.2) is 4.98 Å². The van der Waals surface area contributed by atoms with E-state index in [2.05, 4.69) is 16.0 Å². The van der Waals surface area contributed by atoms with Crippen LogP contribution >= 0.6 is 11.8 Å². The molecule has 0 saturated carbocycles. The van der Waals surface area contributed by atoms with Gasteiger partial charge in [-0.05, 0) is 36.8 Å². The maximum atomic E-state index is 12.9. The van der Waals surface area contributed by atoms with E-state index in [9.17, 15) is 18.0 Å². The van der Waals surface area contributed by atoms with Gasteiger partial charge in [0.15, 0.2) is 11.8 Å². The SMILES string of the molecule is N#CCCCSc1nc2cc[nH]c2c(=O)n1-c1ccc(OCC(F)(F)F)cc1. The Morgan fingerprint density at radius 1 is 1.25 bits per heavy atom. The molecule has 28 heavy (non-hydrogen) atoms. The molecule has 1 N–H and O–H groups in total. The maximum Gasteiger partial charge on any atom is 0.422 e. The first kappa shape index (κ1) is 19.8. The lowest BCUT2D eigenvalue weighted by Crippen LogP contribution is -2.22. The Hall–Kier alpha value is -2.93. The van der Waals surface area contributed by atoms with Crippen LogP contribution in [-0.4, -0.2) is 33.1 Å². The first-order valence-electron chi connectivity index (χ1n) is 8.29. The molecule has 0 atom stereocenters. The van der Waals surface area contributed by atoms with Crippen molar-refractivity contribution in [2.45, 2.75) is 24.2 Å². The monoisotopic (exact) mass is 408 g/mol. The Kier molecular flexibility index (Phi) is 5.94. The Bertz CT molecular complexity index is 1050. The second-order valence-electron chi connectivity index (χ2n) is 5.78. The number of ether oxygens (including phenoxy) is 1. The standard InChI is InChI=1S/C18H15F3N4O2S/c19-18(20,21)11-27-13-5-3-12(4-6-13)25-16(26)15-14(7-9-23-15)24-17(25)28-10-2-1-8-22/h3-7,9,23H,1-2,10-11H2. The molecule has 0 aliphatic rings. The first-order valence-corrected chi connectivity index (χ1v) is 9.27. The van der Waals surface area contributed by atoms with Gasteiger partial charge in [-0.1, -0.05) is 11.8 Å². The van der Waals surface area contributed by atoms with Crippen LogP contribution in [-0.2, 0) is 0 Å². The minimum atomic E-state index is -4.43. The van der Waals surface area contributed by atoms with Crippen LogP contribution in [0.15, 0.2) is 46.5 Å². The number of aromatic amines is 1. The third-order valence-corrected chi connectivity index (χ3v) is 4.74. The molecule has 6 nitrogen and oxygen atoms in total. The predicted octanol–water partition coefficient (Wildman–Crippen LogP) is 4.05. The third kappa shape index (κ3) is 4.67. The number of aromatic nitrogens is 3. The van der Waals surface area contributed by atoms with Crippen LogP contribution in [0.1, 0.15) is 12.8 Å². The van der Waals surface area contributed by atoms with Crippen LogP contribution in [0.4, 0.5) is 13.2 Å². The quantitative estimate of drug-likeness (QED) is 0.362. The highest BCUT2D eigenvalue weighted by Crippen LogP contribution is 2.24. The Morgan fingerprint density at radius 2 is 2.00 bits per heavy atom. The minimum Gasteiger partial charge on any atom is -0.484 e. The van der Waals surface area contributed by atoms with E-state index in [1.807, 2.05) is 0 Å². The summed E-state index contributed by atoms with van der Waals surface area (Å²) in [6.07, 6.45) is -1.77. The van der Waals surface area contributed by atoms with E-state index in [-0.39, 0.29) is 11.3 Å². The van der Waals surface area contributed by atoms with Crippen molar-refractivity contribution >= 4 is 22.8 Å². The maximum absolute atomic E-state index is 12.9. The molecule has 3 aromatic rings. The van der Waals surface area contributed by atoms with Crippen molar-refractivity contribution in [1.29, 1.82) is 5.26 Å². The van der Waals surface area contributed by atoms with E-state index < -0.39 is 12.8 Å². The van der Waals surface area contributed by atoms with Crippen molar-refractivity contribution in [1.82, 2.24) is 14.5 Å². The van der Waals surface area contributed by atoms with Gasteiger partial charge in [0.2, 0.25) is 0 Å². The normalized spacial score (nSPS) is 11.5. The molecule has 10 heteroatoms. The van der Waals surface area contributed by atoms with E-state index in [4.69, 9.17) is 10.00 Å². The zero-order valence-electron chi connectivity index (χ0n) is 14.5. The lowest BCUT2D eigenvalue weighted by molar-refractivity contribution is -0.153. The second-order valence-corrected chi connectivity index (χ2v) is 6.84. The number of fused-ring (bicyclic) bond motifs is 1. The first-order chi connectivity index (χ1) is 13.4. The number of nitrogens with one attached hydrogen (secondary N) is 1. The van der Waals surface area contributed by atoms with Crippen molar-refractivity contribution in [3.63, 3.8) is 0 Å². The highest BCUT2D eigenvalue weighted by atomic mass is 32.2. The van der Waals surface area contributed by atoms with Crippen molar-refractivity contribution in [2.75, 3.05) is 12.4 Å². The van der Waals surface area contributed by atoms with Gasteiger partial charge >= 0.3 is 6.18 Å². The molecular formula is C18H15F3N4O2S. The molecule has 1 aromatic carbocycles. The number of alkyl halides is 3. The molecular weight excluding hydrogens is 393 g/mol. The molecule has 0 aliphatic carbocycles. The summed E-state index contributed by atoms with van der Waals surface area (Å²) in [7, 11) is 0. The molecule has 2 heterocycles. The van der Waals surface area contributed by atoms with E-state index in [0.29, 0.717) is 40.5 Å². The van der Waals surface area contributed by atoms with Gasteiger partial charge in [0, 0.05) is 18.4 Å². The van der Waals surface area contributed by atoms with E-state index in [0.717, 1.165) is 0 Å². The van der Waals surface area contributed by atoms with Gasteiger partial charge in [0.1, 0.15) is 11.3 Å². The number of halogens is 3. The van der Waals surface area contributed by atoms with Crippen LogP contribution in [0.5, 0.6) is 5.75 Å². The zero-order valence-corrected chi connectivity index (χ0v) is 15.3. The Labute approximate surface area is 162 Å². The number of nitriles is 1. The van der Waals surface area contributed by atoms with E-state index in [1.54, 1.807) is 12.3 Å². The molecule has 0 radical (unpaired) electrons. The van der Waals surface area contributed by atoms with Crippen LogP contribution in [0.2, 0.25) is 0 Å². The molecule has 3 rings (SSSR count). The van der Waals surface area contributed by atoms with Crippen LogP contribution in [0.25, 0.3) is 16.7 Å². The highest BCUT2D eigenvalue weighted by molar-refractivity contribution is 7.99. The van der Waals surface area contributed by atoms with Crippen LogP contribution in [0, 0.1) is 11.3 Å². The van der Waals surface area contributed by atoms with Gasteiger partial charge in [-0.15, -0.1) is 0 Å². The molecule has 0 aliphatic heterocycles. The van der Waals surface area contributed by atoms with Crippen molar-refractivity contribution in [2.24, 2.45) is 0 Å². The van der Waals surface area contributed by atoms with Gasteiger partial charge in [-0.3, -0.25) is 9.36 Å². The van der Waals surface area contributed by atoms with Crippen LogP contribution < -0.4 is 10.3 Å². The molecule has 0 bridgehead atoms. The average Bonchev–Trinajstić information content (AvgIpc) is 3.13. The minimum absolute atomic E-state index is 0.0475. The Morgan fingerprint density at radius 3 is 2.68 bits per heavy atom. The summed E-state index contributed by atoms with van der Waals surface area (Å²) in [5.41, 5.74) is 0.992. The number of hydrogen-bond acceptors (Lipinski definition) is 5. The average molecular weight is 408 g/mol. The summed E-state index contributed by atoms with van der Waals surface area (Å²) in [6, 6.07) is 9.50. The summed E-state index contributed by atoms with van der Waals surface area (Å²) in [4.78, 5) is 20.2. The molecule has 0 unspecified atom stereocenters. The molecule has 0 spiro atoms. The second kappa shape index (κ2) is 8.39. The molecule has 2 aromatic heterocycles. The zero-order chi connectivity index (χ0) is 20.1. The molecule has 0 saturated heterocycles. The number of H-pyrrole nitrogens is 1. The third-order valence-electron chi connectivity index (χ3n) is 3.71. The summed E-state index contributed by atoms with van der Waals surface area (Å²) in [6.45, 7) is -1.39. The Balaban J connectivity index is 1.93. The molecule has 0 amide bonds. The summed E-state index contributed by atoms with van der Waals surface area (Å²) >= 11 is 1.34. The largest absolute Gasteiger partial charge is 0.484 e. The molecule has 146 valence electrons. The van der Waals surface area contributed by atoms with Gasteiger partial charge in [-0.2, -0.15) is 18.4 Å². The summed E-state index contributed by atoms with van der Waals surface area (Å²) in [5.74, 6) is 0.647. The summed E-state index contributed by atoms with van der Waals surface area (Å²) in [5, 5.41) is 9.10. The smallest absolute Gasteiger partial charge is 0.422 e. The topological polar surface area (TPSA) is 83.7 Å². The fourth-order valence-corrected chi connectivity index (χ4v) is 3.42. The fourth-order valence-electron chi connectivity index (χ4n) is 2.47. The van der Waals surface area contributed by atoms with Gasteiger partial charge in [0.05, 0.1) is 17.3 Å². The van der Waals surface area contributed by atoms with Crippen molar-refractivity contribution in [3.05, 3.63) is 46.9 Å². The number of nitrogens with zero attached hydrogens (tertiary/aromatic N) is 3. The van der Waals surface area contributed by atoms with Gasteiger partial charge in [0.25, 0.3) is 5.56 Å². The van der Waals surface area contributed by atoms with Gasteiger partial charge < -0.3 is 9.72 Å². The lowest BCUT2D eigenvalue weighted by atomic mass is 10.3. The lowest BCUT2D eigenvalue weighted by Gasteiger charge is -2.13. The highest BCUT2D eigenvalue weighted by Gasteiger charge is 2.28. The van der Waals surface area contributed by atoms with Crippen LogP contribution in [0.3, 0.4) is 0 Å². The number of unbranched alkanes of at least 4 members (excludes halogenated alkanes) is 1. The van der Waals surface area contributed by atoms with E-state index in [1.165, 1.54) is 40.6 Å². The predicted molar refractivity (Wildman–Crippen MR) is 98.8 cm³/mol. The number of rotatable bonds is 7.